The topological polar surface area (TPSA) is 82.6 Å². The molecule has 0 atom stereocenters. The van der Waals surface area contributed by atoms with Gasteiger partial charge in [-0.25, -0.2) is 4.98 Å². The Balaban J connectivity index is 2.44. The SMILES string of the molecule is N#CCOc1nc(SCC#N)nc2ccccc12. The van der Waals surface area contributed by atoms with Gasteiger partial charge in [0, 0.05) is 0 Å². The molecule has 2 aromatic rings. The van der Waals surface area contributed by atoms with E-state index in [0.29, 0.717) is 11.0 Å². The number of para-hydroxylation sites is 1. The zero-order chi connectivity index (χ0) is 12.8. The number of thioether (sulfide) groups is 1. The van der Waals surface area contributed by atoms with E-state index in [0.717, 1.165) is 10.9 Å². The van der Waals surface area contributed by atoms with Crippen LogP contribution in [0.1, 0.15) is 0 Å². The Bertz CT molecular complexity index is 645. The predicted octanol–water partition coefficient (Wildman–Crippen LogP) is 2.15. The molecule has 0 fully saturated rings. The summed E-state index contributed by atoms with van der Waals surface area (Å²) >= 11 is 1.24. The molecule has 1 aromatic carbocycles. The average molecular weight is 256 g/mol. The second kappa shape index (κ2) is 5.85. The van der Waals surface area contributed by atoms with Crippen LogP contribution in [0.15, 0.2) is 29.4 Å². The first-order valence-electron chi connectivity index (χ1n) is 5.11. The number of aromatic nitrogens is 2. The fraction of sp³-hybridized carbons (Fsp3) is 0.167. The minimum absolute atomic E-state index is 0.0661. The molecule has 0 saturated carbocycles. The van der Waals surface area contributed by atoms with Crippen LogP contribution in [-0.2, 0) is 0 Å². The van der Waals surface area contributed by atoms with Crippen LogP contribution >= 0.6 is 11.8 Å². The number of ether oxygens (including phenoxy) is 1. The van der Waals surface area contributed by atoms with Crippen LogP contribution in [0.2, 0.25) is 0 Å². The van der Waals surface area contributed by atoms with Crippen molar-refractivity contribution in [3.63, 3.8) is 0 Å². The first kappa shape index (κ1) is 12.2. The molecule has 0 saturated heterocycles. The van der Waals surface area contributed by atoms with Gasteiger partial charge in [0.25, 0.3) is 0 Å². The number of rotatable bonds is 4. The average Bonchev–Trinajstić information content (AvgIpc) is 2.42. The summed E-state index contributed by atoms with van der Waals surface area (Å²) in [6.45, 7) is -0.0661. The molecule has 5 nitrogen and oxygen atoms in total. The largest absolute Gasteiger partial charge is 0.462 e. The zero-order valence-electron chi connectivity index (χ0n) is 9.33. The number of nitriles is 2. The number of nitrogens with zero attached hydrogens (tertiary/aromatic N) is 4. The second-order valence-electron chi connectivity index (χ2n) is 3.22. The monoisotopic (exact) mass is 256 g/mol. The molecule has 0 radical (unpaired) electrons. The molecule has 2 rings (SSSR count). The first-order valence-corrected chi connectivity index (χ1v) is 6.10. The Morgan fingerprint density at radius 2 is 2.00 bits per heavy atom. The zero-order valence-corrected chi connectivity index (χ0v) is 10.1. The van der Waals surface area contributed by atoms with Crippen molar-refractivity contribution >= 4 is 22.7 Å². The van der Waals surface area contributed by atoms with Crippen molar-refractivity contribution in [1.29, 1.82) is 10.5 Å². The van der Waals surface area contributed by atoms with Crippen LogP contribution in [0.4, 0.5) is 0 Å². The smallest absolute Gasteiger partial charge is 0.226 e. The lowest BCUT2D eigenvalue weighted by molar-refractivity contribution is 0.354. The van der Waals surface area contributed by atoms with Gasteiger partial charge in [-0.2, -0.15) is 15.5 Å². The lowest BCUT2D eigenvalue weighted by Crippen LogP contribution is -1.99. The quantitative estimate of drug-likeness (QED) is 0.615. The van der Waals surface area contributed by atoms with Crippen LogP contribution in [-0.4, -0.2) is 22.3 Å². The molecule has 6 heteroatoms. The van der Waals surface area contributed by atoms with Gasteiger partial charge in [-0.1, -0.05) is 23.9 Å². The van der Waals surface area contributed by atoms with E-state index >= 15 is 0 Å². The minimum Gasteiger partial charge on any atom is -0.462 e. The van der Waals surface area contributed by atoms with Crippen LogP contribution < -0.4 is 4.74 Å². The molecule has 1 heterocycles. The van der Waals surface area contributed by atoms with E-state index in [1.807, 2.05) is 36.4 Å². The molecule has 0 spiro atoms. The molecule has 18 heavy (non-hydrogen) atoms. The molecule has 0 N–H and O–H groups in total. The third-order valence-electron chi connectivity index (χ3n) is 2.09. The summed E-state index contributed by atoms with van der Waals surface area (Å²) in [6, 6.07) is 11.3. The number of hydrogen-bond donors (Lipinski definition) is 0. The van der Waals surface area contributed by atoms with E-state index in [-0.39, 0.29) is 12.4 Å². The molecule has 0 bridgehead atoms. The Hall–Kier alpha value is -2.31. The molecule has 0 unspecified atom stereocenters. The van der Waals surface area contributed by atoms with Crippen LogP contribution in [0.25, 0.3) is 10.9 Å². The van der Waals surface area contributed by atoms with Crippen LogP contribution in [0.5, 0.6) is 5.88 Å². The third-order valence-corrected chi connectivity index (χ3v) is 2.80. The highest BCUT2D eigenvalue weighted by Gasteiger charge is 2.08. The maximum atomic E-state index is 8.55. The van der Waals surface area contributed by atoms with E-state index in [4.69, 9.17) is 15.3 Å². The van der Waals surface area contributed by atoms with Gasteiger partial charge in [0.2, 0.25) is 5.88 Å². The molecule has 1 aromatic heterocycles. The third kappa shape index (κ3) is 2.68. The van der Waals surface area contributed by atoms with Gasteiger partial charge in [0.05, 0.1) is 22.7 Å². The van der Waals surface area contributed by atoms with Crippen molar-refractivity contribution in [3.05, 3.63) is 24.3 Å². The summed E-state index contributed by atoms with van der Waals surface area (Å²) in [5.74, 6) is 0.651. The van der Waals surface area contributed by atoms with Crippen molar-refractivity contribution < 1.29 is 4.74 Å². The normalized spacial score (nSPS) is 9.67. The maximum Gasteiger partial charge on any atom is 0.226 e. The minimum atomic E-state index is -0.0661. The standard InChI is InChI=1S/C12H8N4OS/c13-5-7-17-11-9-3-1-2-4-10(9)15-12(16-11)18-8-6-14/h1-4H,7-8H2. The highest BCUT2D eigenvalue weighted by molar-refractivity contribution is 7.99. The molecule has 0 amide bonds. The predicted molar refractivity (Wildman–Crippen MR) is 67.0 cm³/mol. The number of benzene rings is 1. The molecular weight excluding hydrogens is 248 g/mol. The van der Waals surface area contributed by atoms with E-state index < -0.39 is 0 Å². The summed E-state index contributed by atoms with van der Waals surface area (Å²) in [7, 11) is 0. The van der Waals surface area contributed by atoms with Crippen LogP contribution in [0, 0.1) is 22.7 Å². The number of fused-ring (bicyclic) bond motifs is 1. The van der Waals surface area contributed by atoms with Crippen molar-refractivity contribution in [2.45, 2.75) is 5.16 Å². The summed E-state index contributed by atoms with van der Waals surface area (Å²) in [6.07, 6.45) is 0. The van der Waals surface area contributed by atoms with Gasteiger partial charge in [0.1, 0.15) is 6.07 Å². The Morgan fingerprint density at radius 3 is 2.78 bits per heavy atom. The van der Waals surface area contributed by atoms with E-state index in [9.17, 15) is 0 Å². The van der Waals surface area contributed by atoms with Crippen molar-refractivity contribution in [3.8, 4) is 18.0 Å². The molecule has 0 aliphatic heterocycles. The summed E-state index contributed by atoms with van der Waals surface area (Å²) in [4.78, 5) is 8.52. The summed E-state index contributed by atoms with van der Waals surface area (Å²) in [5.41, 5.74) is 0.737. The van der Waals surface area contributed by atoms with E-state index in [2.05, 4.69) is 9.97 Å². The highest BCUT2D eigenvalue weighted by atomic mass is 32.2. The van der Waals surface area contributed by atoms with Gasteiger partial charge in [0.15, 0.2) is 11.8 Å². The van der Waals surface area contributed by atoms with Gasteiger partial charge in [-0.15, -0.1) is 0 Å². The van der Waals surface area contributed by atoms with E-state index in [1.165, 1.54) is 11.8 Å². The van der Waals surface area contributed by atoms with Gasteiger partial charge in [-0.3, -0.25) is 0 Å². The van der Waals surface area contributed by atoms with Crippen molar-refractivity contribution in [2.24, 2.45) is 0 Å². The molecular formula is C12H8N4OS. The van der Waals surface area contributed by atoms with Gasteiger partial charge in [-0.05, 0) is 12.1 Å². The summed E-state index contributed by atoms with van der Waals surface area (Å²) in [5, 5.41) is 18.3. The van der Waals surface area contributed by atoms with Crippen LogP contribution in [0.3, 0.4) is 0 Å². The fourth-order valence-corrected chi connectivity index (χ4v) is 1.90. The second-order valence-corrected chi connectivity index (χ2v) is 4.16. The Morgan fingerprint density at radius 1 is 1.17 bits per heavy atom. The maximum absolute atomic E-state index is 8.55. The molecule has 0 aliphatic rings. The summed E-state index contributed by atoms with van der Waals surface area (Å²) < 4.78 is 5.28. The van der Waals surface area contributed by atoms with Gasteiger partial charge < -0.3 is 4.74 Å². The van der Waals surface area contributed by atoms with E-state index in [1.54, 1.807) is 0 Å². The Labute approximate surface area is 108 Å². The van der Waals surface area contributed by atoms with Crippen molar-refractivity contribution in [2.75, 3.05) is 12.4 Å². The van der Waals surface area contributed by atoms with Gasteiger partial charge >= 0.3 is 0 Å². The molecule has 0 aliphatic carbocycles. The fourth-order valence-electron chi connectivity index (χ4n) is 1.40. The highest BCUT2D eigenvalue weighted by Crippen LogP contribution is 2.25. The lowest BCUT2D eigenvalue weighted by Gasteiger charge is -2.06. The number of hydrogen-bond acceptors (Lipinski definition) is 6. The Kier molecular flexibility index (Phi) is 3.95. The molecule has 88 valence electrons. The first-order chi connectivity index (χ1) is 8.85. The van der Waals surface area contributed by atoms with Crippen molar-refractivity contribution in [1.82, 2.24) is 9.97 Å². The lowest BCUT2D eigenvalue weighted by atomic mass is 10.2.